The fraction of sp³-hybridized carbons (Fsp3) is 0.368. The van der Waals surface area contributed by atoms with Gasteiger partial charge in [0.25, 0.3) is 0 Å². The van der Waals surface area contributed by atoms with Gasteiger partial charge in [0.1, 0.15) is 18.2 Å². The van der Waals surface area contributed by atoms with Crippen LogP contribution in [0.15, 0.2) is 36.5 Å². The first-order valence-electron chi connectivity index (χ1n) is 9.36. The molecule has 1 aliphatic rings. The molecule has 1 aliphatic heterocycles. The molecule has 0 spiro atoms. The minimum Gasteiger partial charge on any atom is -0.391 e. The number of morpholine rings is 1. The van der Waals surface area contributed by atoms with Gasteiger partial charge in [0.05, 0.1) is 25.1 Å². The summed E-state index contributed by atoms with van der Waals surface area (Å²) in [6, 6.07) is 6.67. The van der Waals surface area contributed by atoms with Crippen molar-refractivity contribution in [3.8, 4) is 0 Å². The summed E-state index contributed by atoms with van der Waals surface area (Å²) in [6.07, 6.45) is -3.90. The number of rotatable bonds is 5. The lowest BCUT2D eigenvalue weighted by atomic mass is 10.0. The highest BCUT2D eigenvalue weighted by Gasteiger charge is 2.34. The largest absolute Gasteiger partial charge is 0.416 e. The molecular weight excluding hydrogens is 439 g/mol. The number of ether oxygens (including phenoxy) is 1. The standard InChI is InChI=1S/C19H17ClF3N5O3/c20-13-3-4-15(19(21,22)23)12(8-13)9-17(29)27-6-7-30-14(10-27)11-31-28-18-16(25-26-28)2-1-5-24-18/h1-5,8,14H,6-7,9-11H2. The Bertz CT molecular complexity index is 1090. The van der Waals surface area contributed by atoms with Crippen LogP contribution in [-0.2, 0) is 22.1 Å². The minimum atomic E-state index is -4.57. The van der Waals surface area contributed by atoms with E-state index in [-0.39, 0.29) is 36.9 Å². The molecule has 0 N–H and O–H groups in total. The van der Waals surface area contributed by atoms with Crippen LogP contribution in [0.4, 0.5) is 13.2 Å². The summed E-state index contributed by atoms with van der Waals surface area (Å²) in [4.78, 5) is 25.0. The van der Waals surface area contributed by atoms with E-state index in [0.29, 0.717) is 11.2 Å². The molecule has 164 valence electrons. The van der Waals surface area contributed by atoms with Gasteiger partial charge in [0, 0.05) is 17.8 Å². The number of carbonyl (C=O) groups excluding carboxylic acids is 1. The van der Waals surface area contributed by atoms with Gasteiger partial charge in [-0.05, 0) is 41.1 Å². The molecule has 8 nitrogen and oxygen atoms in total. The maximum atomic E-state index is 13.3. The molecule has 0 bridgehead atoms. The summed E-state index contributed by atoms with van der Waals surface area (Å²) in [5, 5.41) is 7.92. The fourth-order valence-electron chi connectivity index (χ4n) is 3.29. The number of pyridine rings is 1. The molecule has 12 heteroatoms. The number of aromatic nitrogens is 4. The third-order valence-electron chi connectivity index (χ3n) is 4.77. The summed E-state index contributed by atoms with van der Waals surface area (Å²) in [6.45, 7) is 0.730. The molecule has 2 aromatic heterocycles. The van der Waals surface area contributed by atoms with Gasteiger partial charge in [-0.25, -0.2) is 4.98 Å². The van der Waals surface area contributed by atoms with Crippen LogP contribution in [0.5, 0.6) is 0 Å². The number of benzene rings is 1. The molecule has 3 aromatic rings. The van der Waals surface area contributed by atoms with E-state index in [1.807, 2.05) is 0 Å². The topological polar surface area (TPSA) is 82.4 Å². The van der Waals surface area contributed by atoms with Crippen molar-refractivity contribution in [1.29, 1.82) is 0 Å². The molecule has 31 heavy (non-hydrogen) atoms. The third-order valence-corrected chi connectivity index (χ3v) is 5.00. The Balaban J connectivity index is 1.39. The Labute approximate surface area is 179 Å². The summed E-state index contributed by atoms with van der Waals surface area (Å²) < 4.78 is 45.4. The van der Waals surface area contributed by atoms with Crippen molar-refractivity contribution in [2.75, 3.05) is 26.3 Å². The van der Waals surface area contributed by atoms with Gasteiger partial charge in [-0.15, -0.1) is 5.10 Å². The summed E-state index contributed by atoms with van der Waals surface area (Å²) in [5.74, 6) is -0.450. The van der Waals surface area contributed by atoms with Gasteiger partial charge < -0.3 is 14.5 Å². The van der Waals surface area contributed by atoms with E-state index in [4.69, 9.17) is 21.2 Å². The zero-order valence-electron chi connectivity index (χ0n) is 16.0. The lowest BCUT2D eigenvalue weighted by molar-refractivity contribution is -0.142. The molecule has 0 aliphatic carbocycles. The number of hydrogen-bond donors (Lipinski definition) is 0. The van der Waals surface area contributed by atoms with Gasteiger partial charge in [0.2, 0.25) is 11.6 Å². The van der Waals surface area contributed by atoms with Gasteiger partial charge in [0.15, 0.2) is 0 Å². The summed E-state index contributed by atoms with van der Waals surface area (Å²) in [5.41, 5.74) is -0.0360. The van der Waals surface area contributed by atoms with Crippen molar-refractivity contribution < 1.29 is 27.5 Å². The predicted octanol–water partition coefficient (Wildman–Crippen LogP) is 2.40. The highest BCUT2D eigenvalue weighted by molar-refractivity contribution is 6.30. The van der Waals surface area contributed by atoms with Crippen LogP contribution in [0.3, 0.4) is 0 Å². The Kier molecular flexibility index (Phi) is 5.96. The van der Waals surface area contributed by atoms with Gasteiger partial charge in [-0.1, -0.05) is 16.4 Å². The predicted molar refractivity (Wildman–Crippen MR) is 103 cm³/mol. The highest BCUT2D eigenvalue weighted by Crippen LogP contribution is 2.33. The highest BCUT2D eigenvalue weighted by atomic mass is 35.5. The second-order valence-corrected chi connectivity index (χ2v) is 7.35. The van der Waals surface area contributed by atoms with Crippen molar-refractivity contribution >= 4 is 28.7 Å². The average molecular weight is 456 g/mol. The molecule has 1 saturated heterocycles. The van der Waals surface area contributed by atoms with Crippen LogP contribution in [0.1, 0.15) is 11.1 Å². The normalized spacial score (nSPS) is 17.2. The molecule has 1 atom stereocenters. The van der Waals surface area contributed by atoms with E-state index in [0.717, 1.165) is 12.1 Å². The molecule has 0 radical (unpaired) electrons. The van der Waals surface area contributed by atoms with Crippen LogP contribution >= 0.6 is 11.6 Å². The Morgan fingerprint density at radius 3 is 2.97 bits per heavy atom. The zero-order chi connectivity index (χ0) is 22.0. The second-order valence-electron chi connectivity index (χ2n) is 6.91. The van der Waals surface area contributed by atoms with Crippen molar-refractivity contribution in [3.63, 3.8) is 0 Å². The molecule has 4 rings (SSSR count). The Morgan fingerprint density at radius 1 is 1.32 bits per heavy atom. The number of nitrogens with zero attached hydrogens (tertiary/aromatic N) is 5. The maximum Gasteiger partial charge on any atom is 0.416 e. The molecule has 3 heterocycles. The monoisotopic (exact) mass is 455 g/mol. The van der Waals surface area contributed by atoms with E-state index in [9.17, 15) is 18.0 Å². The van der Waals surface area contributed by atoms with Crippen LogP contribution in [0.2, 0.25) is 5.02 Å². The van der Waals surface area contributed by atoms with Crippen LogP contribution < -0.4 is 4.84 Å². The Morgan fingerprint density at radius 2 is 2.16 bits per heavy atom. The molecule has 1 unspecified atom stereocenters. The van der Waals surface area contributed by atoms with E-state index in [1.54, 1.807) is 18.3 Å². The van der Waals surface area contributed by atoms with Crippen LogP contribution in [0.25, 0.3) is 11.2 Å². The van der Waals surface area contributed by atoms with Crippen LogP contribution in [-0.4, -0.2) is 63.4 Å². The molecule has 0 saturated carbocycles. The number of halogens is 4. The fourth-order valence-corrected chi connectivity index (χ4v) is 3.49. The molecule has 1 amide bonds. The van der Waals surface area contributed by atoms with Crippen LogP contribution in [0, 0.1) is 0 Å². The summed E-state index contributed by atoms with van der Waals surface area (Å²) in [7, 11) is 0. The first kappa shape index (κ1) is 21.3. The van der Waals surface area contributed by atoms with Gasteiger partial charge in [-0.2, -0.15) is 13.2 Å². The lowest BCUT2D eigenvalue weighted by Crippen LogP contribution is -2.48. The van der Waals surface area contributed by atoms with E-state index in [2.05, 4.69) is 15.3 Å². The molecule has 1 aromatic carbocycles. The van der Waals surface area contributed by atoms with E-state index in [1.165, 1.54) is 15.8 Å². The van der Waals surface area contributed by atoms with E-state index >= 15 is 0 Å². The number of fused-ring (bicyclic) bond motifs is 1. The third kappa shape index (κ3) is 4.88. The number of carbonyl (C=O) groups is 1. The lowest BCUT2D eigenvalue weighted by Gasteiger charge is -2.32. The van der Waals surface area contributed by atoms with Gasteiger partial charge >= 0.3 is 6.18 Å². The SMILES string of the molecule is O=C(Cc1cc(Cl)ccc1C(F)(F)F)N1CCOC(COn2nnc3cccnc32)C1. The second kappa shape index (κ2) is 8.67. The number of hydrogen-bond acceptors (Lipinski definition) is 6. The smallest absolute Gasteiger partial charge is 0.391 e. The van der Waals surface area contributed by atoms with Crippen molar-refractivity contribution in [3.05, 3.63) is 52.7 Å². The minimum absolute atomic E-state index is 0.0593. The zero-order valence-corrected chi connectivity index (χ0v) is 16.8. The van der Waals surface area contributed by atoms with E-state index < -0.39 is 30.2 Å². The van der Waals surface area contributed by atoms with Crippen molar-refractivity contribution in [1.82, 2.24) is 25.0 Å². The maximum absolute atomic E-state index is 13.3. The average Bonchev–Trinajstić information content (AvgIpc) is 3.15. The first-order chi connectivity index (χ1) is 14.8. The first-order valence-corrected chi connectivity index (χ1v) is 9.74. The number of amides is 1. The van der Waals surface area contributed by atoms with Crippen molar-refractivity contribution in [2.24, 2.45) is 0 Å². The van der Waals surface area contributed by atoms with Gasteiger partial charge in [-0.3, -0.25) is 4.79 Å². The number of alkyl halides is 3. The quantitative estimate of drug-likeness (QED) is 0.587. The molecular formula is C19H17ClF3N5O3. The molecule has 1 fully saturated rings. The van der Waals surface area contributed by atoms with Crippen molar-refractivity contribution in [2.45, 2.75) is 18.7 Å². The Hall–Kier alpha value is -2.92. The summed E-state index contributed by atoms with van der Waals surface area (Å²) >= 11 is 5.84.